The Bertz CT molecular complexity index is 545. The molecule has 1 heterocycles. The van der Waals surface area contributed by atoms with Gasteiger partial charge in [-0.15, -0.1) is 0 Å². The minimum atomic E-state index is 0.423. The van der Waals surface area contributed by atoms with Gasteiger partial charge in [-0.3, -0.25) is 0 Å². The molecule has 0 amide bonds. The smallest absolute Gasteiger partial charge is 0.134 e. The van der Waals surface area contributed by atoms with Gasteiger partial charge in [0.2, 0.25) is 0 Å². The minimum Gasteiger partial charge on any atom is -0.464 e. The summed E-state index contributed by atoms with van der Waals surface area (Å²) >= 11 is 0. The molecule has 0 saturated heterocycles. The fourth-order valence-electron chi connectivity index (χ4n) is 3.67. The summed E-state index contributed by atoms with van der Waals surface area (Å²) in [5.41, 5.74) is 2.33. The van der Waals surface area contributed by atoms with E-state index in [2.05, 4.69) is 37.5 Å². The molecule has 2 aromatic rings. The van der Waals surface area contributed by atoms with Gasteiger partial charge < -0.3 is 9.73 Å². The van der Waals surface area contributed by atoms with E-state index < -0.39 is 0 Å². The van der Waals surface area contributed by atoms with Crippen LogP contribution in [0, 0.1) is 11.8 Å². The van der Waals surface area contributed by atoms with Crippen LogP contribution in [0.1, 0.15) is 44.2 Å². The van der Waals surface area contributed by atoms with E-state index in [0.29, 0.717) is 6.04 Å². The predicted molar refractivity (Wildman–Crippen MR) is 79.1 cm³/mol. The second-order valence-electron chi connectivity index (χ2n) is 5.99. The van der Waals surface area contributed by atoms with Crippen molar-refractivity contribution in [2.24, 2.45) is 11.8 Å². The largest absolute Gasteiger partial charge is 0.464 e. The first kappa shape index (κ1) is 12.7. The van der Waals surface area contributed by atoms with Crippen LogP contribution in [0.5, 0.6) is 0 Å². The van der Waals surface area contributed by atoms with Gasteiger partial charge in [-0.1, -0.05) is 38.0 Å². The van der Waals surface area contributed by atoms with Crippen LogP contribution in [-0.2, 0) is 0 Å². The van der Waals surface area contributed by atoms with E-state index in [-0.39, 0.29) is 0 Å². The van der Waals surface area contributed by atoms with Crippen molar-refractivity contribution in [3.8, 4) is 0 Å². The molecule has 1 aliphatic carbocycles. The second kappa shape index (κ2) is 5.38. The van der Waals surface area contributed by atoms with Crippen LogP contribution >= 0.6 is 0 Å². The number of hydrogen-bond donors (Lipinski definition) is 1. The van der Waals surface area contributed by atoms with Gasteiger partial charge >= 0.3 is 0 Å². The molecule has 0 radical (unpaired) electrons. The maximum Gasteiger partial charge on any atom is 0.134 e. The summed E-state index contributed by atoms with van der Waals surface area (Å²) in [6, 6.07) is 8.77. The number of hydrogen-bond acceptors (Lipinski definition) is 2. The lowest BCUT2D eigenvalue weighted by Crippen LogP contribution is -2.28. The number of para-hydroxylation sites is 1. The molecule has 1 aliphatic rings. The fourth-order valence-corrected chi connectivity index (χ4v) is 3.67. The minimum absolute atomic E-state index is 0.423. The third kappa shape index (κ3) is 2.42. The summed E-state index contributed by atoms with van der Waals surface area (Å²) < 4.78 is 5.71. The van der Waals surface area contributed by atoms with E-state index in [1.807, 2.05) is 12.3 Å². The van der Waals surface area contributed by atoms with Gasteiger partial charge in [-0.2, -0.15) is 0 Å². The molecule has 2 heteroatoms. The Kier molecular flexibility index (Phi) is 3.61. The molecule has 3 atom stereocenters. The Labute approximate surface area is 115 Å². The van der Waals surface area contributed by atoms with Gasteiger partial charge in [0.25, 0.3) is 0 Å². The van der Waals surface area contributed by atoms with Crippen molar-refractivity contribution in [1.82, 2.24) is 5.32 Å². The normalized spacial score (nSPS) is 25.6. The molecule has 19 heavy (non-hydrogen) atoms. The Hall–Kier alpha value is -1.28. The molecule has 3 unspecified atom stereocenters. The van der Waals surface area contributed by atoms with Gasteiger partial charge in [0, 0.05) is 17.0 Å². The molecular weight excluding hydrogens is 234 g/mol. The molecule has 0 bridgehead atoms. The van der Waals surface area contributed by atoms with E-state index in [1.54, 1.807) is 0 Å². The number of benzene rings is 1. The third-order valence-corrected chi connectivity index (χ3v) is 4.61. The SMILES string of the molecule is CNC(c1coc2ccccc12)C1CCCC(C)C1. The first-order valence-corrected chi connectivity index (χ1v) is 7.43. The van der Waals surface area contributed by atoms with Crippen molar-refractivity contribution in [3.63, 3.8) is 0 Å². The molecule has 0 aliphatic heterocycles. The lowest BCUT2D eigenvalue weighted by molar-refractivity contribution is 0.230. The van der Waals surface area contributed by atoms with Crippen LogP contribution in [0.25, 0.3) is 11.0 Å². The average molecular weight is 257 g/mol. The van der Waals surface area contributed by atoms with Crippen molar-refractivity contribution in [2.75, 3.05) is 7.05 Å². The quantitative estimate of drug-likeness (QED) is 0.874. The molecule has 1 aromatic heterocycles. The molecule has 1 fully saturated rings. The van der Waals surface area contributed by atoms with Crippen LogP contribution in [0.3, 0.4) is 0 Å². The van der Waals surface area contributed by atoms with Gasteiger partial charge in [0.05, 0.1) is 6.26 Å². The average Bonchev–Trinajstić information content (AvgIpc) is 2.84. The Balaban J connectivity index is 1.93. The van der Waals surface area contributed by atoms with Gasteiger partial charge in [-0.05, 0) is 37.8 Å². The summed E-state index contributed by atoms with van der Waals surface area (Å²) in [7, 11) is 2.08. The Morgan fingerprint density at radius 3 is 2.89 bits per heavy atom. The van der Waals surface area contributed by atoms with Crippen molar-refractivity contribution in [3.05, 3.63) is 36.1 Å². The van der Waals surface area contributed by atoms with Crippen LogP contribution in [0.15, 0.2) is 34.9 Å². The first-order chi connectivity index (χ1) is 9.29. The fraction of sp³-hybridized carbons (Fsp3) is 0.529. The molecule has 2 nitrogen and oxygen atoms in total. The van der Waals surface area contributed by atoms with Gasteiger partial charge in [-0.25, -0.2) is 0 Å². The molecule has 0 spiro atoms. The van der Waals surface area contributed by atoms with Crippen LogP contribution in [-0.4, -0.2) is 7.05 Å². The topological polar surface area (TPSA) is 25.2 Å². The summed E-state index contributed by atoms with van der Waals surface area (Å²) in [4.78, 5) is 0. The van der Waals surface area contributed by atoms with Crippen molar-refractivity contribution >= 4 is 11.0 Å². The van der Waals surface area contributed by atoms with E-state index >= 15 is 0 Å². The summed E-state index contributed by atoms with van der Waals surface area (Å²) in [6.07, 6.45) is 7.35. The van der Waals surface area contributed by atoms with Crippen LogP contribution in [0.4, 0.5) is 0 Å². The Morgan fingerprint density at radius 1 is 1.26 bits per heavy atom. The third-order valence-electron chi connectivity index (χ3n) is 4.61. The summed E-state index contributed by atoms with van der Waals surface area (Å²) in [5, 5.41) is 4.79. The maximum absolute atomic E-state index is 5.71. The van der Waals surface area contributed by atoms with E-state index in [9.17, 15) is 0 Å². The van der Waals surface area contributed by atoms with Crippen LogP contribution < -0.4 is 5.32 Å². The van der Waals surface area contributed by atoms with Crippen molar-refractivity contribution in [2.45, 2.75) is 38.6 Å². The standard InChI is InChI=1S/C17H23NO/c1-12-6-5-7-13(10-12)17(18-2)15-11-19-16-9-4-3-8-14(15)16/h3-4,8-9,11-13,17-18H,5-7,10H2,1-2H3. The number of furan rings is 1. The second-order valence-corrected chi connectivity index (χ2v) is 5.99. The molecular formula is C17H23NO. The van der Waals surface area contributed by atoms with Crippen LogP contribution in [0.2, 0.25) is 0 Å². The van der Waals surface area contributed by atoms with E-state index in [1.165, 1.54) is 36.6 Å². The summed E-state index contributed by atoms with van der Waals surface area (Å²) in [5.74, 6) is 1.59. The first-order valence-electron chi connectivity index (χ1n) is 7.43. The van der Waals surface area contributed by atoms with Gasteiger partial charge in [0.1, 0.15) is 5.58 Å². The molecule has 1 N–H and O–H groups in total. The highest BCUT2D eigenvalue weighted by Crippen LogP contribution is 2.39. The highest BCUT2D eigenvalue weighted by Gasteiger charge is 2.28. The zero-order chi connectivity index (χ0) is 13.2. The molecule has 102 valence electrons. The van der Waals surface area contributed by atoms with Crippen molar-refractivity contribution < 1.29 is 4.42 Å². The highest BCUT2D eigenvalue weighted by atomic mass is 16.3. The molecule has 1 aromatic carbocycles. The number of nitrogens with one attached hydrogen (secondary N) is 1. The van der Waals surface area contributed by atoms with Crippen molar-refractivity contribution in [1.29, 1.82) is 0 Å². The monoisotopic (exact) mass is 257 g/mol. The number of rotatable bonds is 3. The lowest BCUT2D eigenvalue weighted by atomic mass is 9.76. The summed E-state index contributed by atoms with van der Waals surface area (Å²) in [6.45, 7) is 2.38. The highest BCUT2D eigenvalue weighted by molar-refractivity contribution is 5.81. The van der Waals surface area contributed by atoms with E-state index in [4.69, 9.17) is 4.42 Å². The zero-order valence-electron chi connectivity index (χ0n) is 11.9. The molecule has 3 rings (SSSR count). The number of fused-ring (bicyclic) bond motifs is 1. The zero-order valence-corrected chi connectivity index (χ0v) is 11.9. The molecule has 1 saturated carbocycles. The maximum atomic E-state index is 5.71. The van der Waals surface area contributed by atoms with Gasteiger partial charge in [0.15, 0.2) is 0 Å². The predicted octanol–water partition coefficient (Wildman–Crippen LogP) is 4.52. The Morgan fingerprint density at radius 2 is 2.11 bits per heavy atom. The lowest BCUT2D eigenvalue weighted by Gasteiger charge is -2.33. The van der Waals surface area contributed by atoms with E-state index in [0.717, 1.165) is 17.4 Å².